The van der Waals surface area contributed by atoms with Crippen molar-refractivity contribution in [3.05, 3.63) is 18.5 Å². The molecule has 0 saturated carbocycles. The first kappa shape index (κ1) is 14.5. The maximum Gasteiger partial charge on any atom is 0.324 e. The van der Waals surface area contributed by atoms with E-state index in [1.165, 1.54) is 6.92 Å². The number of rotatable bonds is 2. The van der Waals surface area contributed by atoms with E-state index >= 15 is 0 Å². The highest BCUT2D eigenvalue weighted by molar-refractivity contribution is 6.31. The molecule has 1 N–H and O–H groups in total. The molecular weight excluding hydrogens is 282 g/mol. The Hall–Kier alpha value is -1.89. The number of hydrogen-bond acceptors (Lipinski definition) is 5. The van der Waals surface area contributed by atoms with E-state index in [0.717, 1.165) is 0 Å². The lowest BCUT2D eigenvalue weighted by atomic mass is 10.3. The van der Waals surface area contributed by atoms with Crippen LogP contribution in [0.4, 0.5) is 10.7 Å². The van der Waals surface area contributed by atoms with Gasteiger partial charge in [0.1, 0.15) is 5.38 Å². The van der Waals surface area contributed by atoms with Gasteiger partial charge in [0.05, 0.1) is 0 Å². The molecule has 0 aliphatic carbocycles. The Labute approximate surface area is 121 Å². The SMILES string of the molecule is CC(Cl)C(=O)NC(=O)N1CCN(c2ncccn2)CC1. The Morgan fingerprint density at radius 3 is 2.40 bits per heavy atom. The summed E-state index contributed by atoms with van der Waals surface area (Å²) in [5.74, 6) is 0.170. The molecule has 2 heterocycles. The van der Waals surface area contributed by atoms with E-state index in [2.05, 4.69) is 15.3 Å². The molecular formula is C12H16ClN5O2. The van der Waals surface area contributed by atoms with Gasteiger partial charge in [-0.1, -0.05) is 0 Å². The third-order valence-electron chi connectivity index (χ3n) is 2.99. The number of amides is 3. The Bertz CT molecular complexity index is 474. The van der Waals surface area contributed by atoms with Gasteiger partial charge >= 0.3 is 6.03 Å². The fourth-order valence-corrected chi connectivity index (χ4v) is 1.90. The van der Waals surface area contributed by atoms with Crippen LogP contribution in [-0.4, -0.2) is 58.4 Å². The van der Waals surface area contributed by atoms with Crippen molar-refractivity contribution >= 4 is 29.5 Å². The lowest BCUT2D eigenvalue weighted by Gasteiger charge is -2.34. The van der Waals surface area contributed by atoms with Gasteiger partial charge in [-0.25, -0.2) is 14.8 Å². The van der Waals surface area contributed by atoms with Crippen LogP contribution in [0.5, 0.6) is 0 Å². The van der Waals surface area contributed by atoms with Crippen molar-refractivity contribution in [1.29, 1.82) is 0 Å². The monoisotopic (exact) mass is 297 g/mol. The van der Waals surface area contributed by atoms with Gasteiger partial charge in [-0.15, -0.1) is 11.6 Å². The smallest absolute Gasteiger partial charge is 0.324 e. The summed E-state index contributed by atoms with van der Waals surface area (Å²) in [5.41, 5.74) is 0. The van der Waals surface area contributed by atoms with Crippen molar-refractivity contribution in [2.45, 2.75) is 12.3 Å². The van der Waals surface area contributed by atoms with Gasteiger partial charge in [-0.2, -0.15) is 0 Å². The van der Waals surface area contributed by atoms with E-state index < -0.39 is 17.3 Å². The molecule has 1 atom stereocenters. The number of piperazine rings is 1. The number of aromatic nitrogens is 2. The normalized spacial score (nSPS) is 16.7. The number of carbonyl (C=O) groups is 2. The third kappa shape index (κ3) is 3.57. The molecule has 3 amide bonds. The minimum absolute atomic E-state index is 0.406. The maximum absolute atomic E-state index is 11.8. The van der Waals surface area contributed by atoms with Gasteiger partial charge in [0.15, 0.2) is 0 Å². The number of imide groups is 1. The number of hydrogen-bond donors (Lipinski definition) is 1. The molecule has 108 valence electrons. The molecule has 0 radical (unpaired) electrons. The quantitative estimate of drug-likeness (QED) is 0.803. The topological polar surface area (TPSA) is 78.4 Å². The van der Waals surface area contributed by atoms with Crippen LogP contribution in [0.25, 0.3) is 0 Å². The minimum atomic E-state index is -0.724. The van der Waals surface area contributed by atoms with Crippen molar-refractivity contribution < 1.29 is 9.59 Å². The van der Waals surface area contributed by atoms with Crippen molar-refractivity contribution in [3.63, 3.8) is 0 Å². The molecule has 1 aromatic rings. The third-order valence-corrected chi connectivity index (χ3v) is 3.19. The number of nitrogens with zero attached hydrogens (tertiary/aromatic N) is 4. The molecule has 7 nitrogen and oxygen atoms in total. The van der Waals surface area contributed by atoms with Crippen LogP contribution in [0.3, 0.4) is 0 Å². The van der Waals surface area contributed by atoms with Gasteiger partial charge in [-0.3, -0.25) is 10.1 Å². The van der Waals surface area contributed by atoms with E-state index in [0.29, 0.717) is 32.1 Å². The summed E-state index contributed by atoms with van der Waals surface area (Å²) in [7, 11) is 0. The van der Waals surface area contributed by atoms with Crippen LogP contribution in [0.2, 0.25) is 0 Å². The van der Waals surface area contributed by atoms with Gasteiger partial charge in [0.2, 0.25) is 11.9 Å². The molecule has 0 spiro atoms. The molecule has 1 saturated heterocycles. The van der Waals surface area contributed by atoms with Crippen molar-refractivity contribution in [3.8, 4) is 0 Å². The number of urea groups is 1. The van der Waals surface area contributed by atoms with Gasteiger partial charge < -0.3 is 9.80 Å². The van der Waals surface area contributed by atoms with Crippen LogP contribution in [0, 0.1) is 0 Å². The minimum Gasteiger partial charge on any atom is -0.337 e. The Kier molecular flexibility index (Phi) is 4.73. The zero-order valence-corrected chi connectivity index (χ0v) is 11.9. The van der Waals surface area contributed by atoms with Crippen LogP contribution in [0.15, 0.2) is 18.5 Å². The second kappa shape index (κ2) is 6.51. The van der Waals surface area contributed by atoms with Crippen molar-refractivity contribution in [2.24, 2.45) is 0 Å². The molecule has 1 fully saturated rings. The largest absolute Gasteiger partial charge is 0.337 e. The maximum atomic E-state index is 11.8. The summed E-state index contributed by atoms with van der Waals surface area (Å²) in [6.07, 6.45) is 3.36. The Morgan fingerprint density at radius 1 is 1.25 bits per heavy atom. The van der Waals surface area contributed by atoms with Crippen LogP contribution in [0.1, 0.15) is 6.92 Å². The van der Waals surface area contributed by atoms with E-state index in [-0.39, 0.29) is 0 Å². The van der Waals surface area contributed by atoms with Crippen LogP contribution in [-0.2, 0) is 4.79 Å². The van der Waals surface area contributed by atoms with E-state index in [1.807, 2.05) is 4.90 Å². The number of halogens is 1. The summed E-state index contributed by atoms with van der Waals surface area (Å²) >= 11 is 5.61. The van der Waals surface area contributed by atoms with Crippen LogP contribution < -0.4 is 10.2 Å². The number of carbonyl (C=O) groups excluding carboxylic acids is 2. The average Bonchev–Trinajstić information content (AvgIpc) is 2.48. The highest BCUT2D eigenvalue weighted by atomic mass is 35.5. The highest BCUT2D eigenvalue weighted by Crippen LogP contribution is 2.09. The lowest BCUT2D eigenvalue weighted by Crippen LogP contribution is -2.53. The summed E-state index contributed by atoms with van der Waals surface area (Å²) in [6.45, 7) is 3.79. The molecule has 8 heteroatoms. The predicted octanol–water partition coefficient (Wildman–Crippen LogP) is 0.462. The first-order valence-electron chi connectivity index (χ1n) is 6.33. The van der Waals surface area contributed by atoms with E-state index in [4.69, 9.17) is 11.6 Å². The molecule has 0 aromatic carbocycles. The second-order valence-corrected chi connectivity index (χ2v) is 5.09. The summed E-state index contributed by atoms with van der Waals surface area (Å²) in [6, 6.07) is 1.35. The molecule has 1 aliphatic rings. The molecule has 20 heavy (non-hydrogen) atoms. The molecule has 2 rings (SSSR count). The number of anilines is 1. The molecule has 1 aromatic heterocycles. The standard InChI is InChI=1S/C12H16ClN5O2/c1-9(13)10(19)16-12(20)18-7-5-17(6-8-18)11-14-3-2-4-15-11/h2-4,9H,5-8H2,1H3,(H,16,19,20). The fraction of sp³-hybridized carbons (Fsp3) is 0.500. The Morgan fingerprint density at radius 2 is 1.85 bits per heavy atom. The lowest BCUT2D eigenvalue weighted by molar-refractivity contribution is -0.119. The summed E-state index contributed by atoms with van der Waals surface area (Å²) < 4.78 is 0. The van der Waals surface area contributed by atoms with E-state index in [1.54, 1.807) is 23.4 Å². The first-order chi connectivity index (χ1) is 9.58. The number of nitrogens with one attached hydrogen (secondary N) is 1. The molecule has 0 bridgehead atoms. The van der Waals surface area contributed by atoms with Crippen molar-refractivity contribution in [1.82, 2.24) is 20.2 Å². The van der Waals surface area contributed by atoms with Crippen LogP contribution >= 0.6 is 11.6 Å². The van der Waals surface area contributed by atoms with E-state index in [9.17, 15) is 9.59 Å². The highest BCUT2D eigenvalue weighted by Gasteiger charge is 2.24. The second-order valence-electron chi connectivity index (χ2n) is 4.43. The average molecular weight is 298 g/mol. The Balaban J connectivity index is 1.85. The summed E-state index contributed by atoms with van der Waals surface area (Å²) in [4.78, 5) is 35.1. The number of alkyl halides is 1. The van der Waals surface area contributed by atoms with Gasteiger partial charge in [-0.05, 0) is 13.0 Å². The zero-order valence-electron chi connectivity index (χ0n) is 11.1. The zero-order chi connectivity index (χ0) is 14.5. The van der Waals surface area contributed by atoms with Gasteiger partial charge in [0, 0.05) is 38.6 Å². The van der Waals surface area contributed by atoms with Gasteiger partial charge in [0.25, 0.3) is 0 Å². The fourth-order valence-electron chi connectivity index (χ4n) is 1.85. The molecule has 1 unspecified atom stereocenters. The first-order valence-corrected chi connectivity index (χ1v) is 6.77. The molecule has 1 aliphatic heterocycles. The predicted molar refractivity (Wildman–Crippen MR) is 74.7 cm³/mol. The van der Waals surface area contributed by atoms with Crippen molar-refractivity contribution in [2.75, 3.05) is 31.1 Å². The summed E-state index contributed by atoms with van der Waals surface area (Å²) in [5, 5.41) is 1.55.